The summed E-state index contributed by atoms with van der Waals surface area (Å²) in [5.41, 5.74) is 0. The van der Waals surface area contributed by atoms with Crippen LogP contribution in [0.4, 0.5) is 0 Å². The van der Waals surface area contributed by atoms with E-state index in [1.807, 2.05) is 0 Å². The molecule has 2 unspecified atom stereocenters. The van der Waals surface area contributed by atoms with E-state index in [-0.39, 0.29) is 0 Å². The first-order chi connectivity index (χ1) is 8.29. The van der Waals surface area contributed by atoms with Crippen LogP contribution in [0.15, 0.2) is 0 Å². The minimum Gasteiger partial charge on any atom is -0.376 e. The Kier molecular flexibility index (Phi) is 5.22. The summed E-state index contributed by atoms with van der Waals surface area (Å²) in [5, 5.41) is 3.40. The van der Waals surface area contributed by atoms with Gasteiger partial charge in [-0.15, -0.1) is 0 Å². The Labute approximate surface area is 105 Å². The molecule has 0 saturated carbocycles. The number of hydrogen-bond donors (Lipinski definition) is 1. The molecule has 2 heterocycles. The van der Waals surface area contributed by atoms with Gasteiger partial charge < -0.3 is 19.9 Å². The minimum atomic E-state index is 0.434. The molecule has 0 aromatic carbocycles. The summed E-state index contributed by atoms with van der Waals surface area (Å²) in [5.74, 6) is 0. The summed E-state index contributed by atoms with van der Waals surface area (Å²) in [6.07, 6.45) is 2.87. The quantitative estimate of drug-likeness (QED) is 0.771. The number of piperazine rings is 1. The van der Waals surface area contributed by atoms with Crippen LogP contribution < -0.4 is 5.32 Å². The highest BCUT2D eigenvalue weighted by atomic mass is 16.5. The van der Waals surface area contributed by atoms with Gasteiger partial charge in [-0.2, -0.15) is 0 Å². The van der Waals surface area contributed by atoms with E-state index >= 15 is 0 Å². The lowest BCUT2D eigenvalue weighted by atomic mass is 10.1. The maximum atomic E-state index is 5.74. The molecule has 0 aromatic rings. The largest absolute Gasteiger partial charge is 0.376 e. The maximum Gasteiger partial charge on any atom is 0.0712 e. The topological polar surface area (TPSA) is 27.7 Å². The molecule has 0 aliphatic carbocycles. The lowest BCUT2D eigenvalue weighted by Crippen LogP contribution is -2.52. The molecule has 2 rings (SSSR count). The van der Waals surface area contributed by atoms with E-state index in [9.17, 15) is 0 Å². The van der Waals surface area contributed by atoms with Crippen molar-refractivity contribution < 1.29 is 4.74 Å². The van der Waals surface area contributed by atoms with Crippen LogP contribution in [0.1, 0.15) is 19.8 Å². The average Bonchev–Trinajstić information content (AvgIpc) is 2.39. The highest BCUT2D eigenvalue weighted by Gasteiger charge is 2.23. The third-order valence-corrected chi connectivity index (χ3v) is 4.10. The molecule has 0 radical (unpaired) electrons. The standard InChI is InChI=1S/C13H27N3O/c1-3-12-11-16(8-7-15(12)2)6-4-13-10-14-5-9-17-13/h12-14H,3-11H2,1-2H3. The summed E-state index contributed by atoms with van der Waals surface area (Å²) in [7, 11) is 2.25. The van der Waals surface area contributed by atoms with Gasteiger partial charge in [0.2, 0.25) is 0 Å². The second-order valence-corrected chi connectivity index (χ2v) is 5.33. The summed E-state index contributed by atoms with van der Waals surface area (Å²) in [4.78, 5) is 5.10. The van der Waals surface area contributed by atoms with Crippen molar-refractivity contribution in [3.63, 3.8) is 0 Å². The second-order valence-electron chi connectivity index (χ2n) is 5.33. The van der Waals surface area contributed by atoms with Crippen molar-refractivity contribution in [1.82, 2.24) is 15.1 Å². The number of nitrogens with one attached hydrogen (secondary N) is 1. The van der Waals surface area contributed by atoms with Crippen LogP contribution in [0.25, 0.3) is 0 Å². The Bertz CT molecular complexity index is 219. The monoisotopic (exact) mass is 241 g/mol. The van der Waals surface area contributed by atoms with Gasteiger partial charge in [0.25, 0.3) is 0 Å². The van der Waals surface area contributed by atoms with E-state index in [1.165, 1.54) is 39.0 Å². The van der Waals surface area contributed by atoms with Crippen LogP contribution in [0.5, 0.6) is 0 Å². The lowest BCUT2D eigenvalue weighted by molar-refractivity contribution is 0.0106. The summed E-state index contributed by atoms with van der Waals surface area (Å²) >= 11 is 0. The summed E-state index contributed by atoms with van der Waals surface area (Å²) in [6, 6.07) is 0.745. The van der Waals surface area contributed by atoms with Gasteiger partial charge in [0.05, 0.1) is 12.7 Å². The van der Waals surface area contributed by atoms with Gasteiger partial charge in [-0.05, 0) is 19.9 Å². The first kappa shape index (κ1) is 13.3. The minimum absolute atomic E-state index is 0.434. The Morgan fingerprint density at radius 3 is 2.94 bits per heavy atom. The fourth-order valence-electron chi connectivity index (χ4n) is 2.79. The molecular formula is C13H27N3O. The third kappa shape index (κ3) is 3.91. The maximum absolute atomic E-state index is 5.74. The van der Waals surface area contributed by atoms with Crippen molar-refractivity contribution in [2.24, 2.45) is 0 Å². The van der Waals surface area contributed by atoms with Gasteiger partial charge in [-0.3, -0.25) is 0 Å². The molecule has 0 amide bonds. The van der Waals surface area contributed by atoms with Crippen molar-refractivity contribution in [3.8, 4) is 0 Å². The third-order valence-electron chi connectivity index (χ3n) is 4.10. The molecule has 17 heavy (non-hydrogen) atoms. The summed E-state index contributed by atoms with van der Waals surface area (Å²) < 4.78 is 5.74. The van der Waals surface area contributed by atoms with E-state index in [4.69, 9.17) is 4.74 Å². The number of likely N-dealkylation sites (N-methyl/N-ethyl adjacent to an activating group) is 1. The van der Waals surface area contributed by atoms with Crippen molar-refractivity contribution in [2.75, 3.05) is 52.9 Å². The van der Waals surface area contributed by atoms with Crippen LogP contribution in [0, 0.1) is 0 Å². The normalized spacial score (nSPS) is 32.8. The average molecular weight is 241 g/mol. The van der Waals surface area contributed by atoms with Crippen LogP contribution in [0.2, 0.25) is 0 Å². The van der Waals surface area contributed by atoms with E-state index in [0.29, 0.717) is 6.10 Å². The first-order valence-electron chi connectivity index (χ1n) is 7.04. The SMILES string of the molecule is CCC1CN(CCC2CNCCO2)CCN1C. The molecule has 100 valence electrons. The van der Waals surface area contributed by atoms with Gasteiger partial charge in [0.15, 0.2) is 0 Å². The highest BCUT2D eigenvalue weighted by molar-refractivity contribution is 4.80. The highest BCUT2D eigenvalue weighted by Crippen LogP contribution is 2.12. The second kappa shape index (κ2) is 6.69. The molecular weight excluding hydrogens is 214 g/mol. The van der Waals surface area contributed by atoms with E-state index in [1.54, 1.807) is 0 Å². The van der Waals surface area contributed by atoms with Gasteiger partial charge in [-0.1, -0.05) is 6.92 Å². The van der Waals surface area contributed by atoms with Crippen LogP contribution in [0.3, 0.4) is 0 Å². The fraction of sp³-hybridized carbons (Fsp3) is 1.00. The van der Waals surface area contributed by atoms with Gasteiger partial charge in [0, 0.05) is 45.3 Å². The zero-order valence-electron chi connectivity index (χ0n) is 11.3. The summed E-state index contributed by atoms with van der Waals surface area (Å²) in [6.45, 7) is 10.1. The molecule has 4 nitrogen and oxygen atoms in total. The molecule has 4 heteroatoms. The number of nitrogens with zero attached hydrogens (tertiary/aromatic N) is 2. The Morgan fingerprint density at radius 1 is 1.35 bits per heavy atom. The van der Waals surface area contributed by atoms with Crippen molar-refractivity contribution in [2.45, 2.75) is 31.9 Å². The molecule has 1 N–H and O–H groups in total. The predicted octanol–water partition coefficient (Wildman–Crippen LogP) is 0.391. The molecule has 0 bridgehead atoms. The van der Waals surface area contributed by atoms with Gasteiger partial charge in [-0.25, -0.2) is 0 Å². The number of rotatable bonds is 4. The van der Waals surface area contributed by atoms with Crippen molar-refractivity contribution in [1.29, 1.82) is 0 Å². The van der Waals surface area contributed by atoms with Crippen LogP contribution in [-0.4, -0.2) is 74.9 Å². The number of hydrogen-bond acceptors (Lipinski definition) is 4. The fourth-order valence-corrected chi connectivity index (χ4v) is 2.79. The predicted molar refractivity (Wildman–Crippen MR) is 70.4 cm³/mol. The van der Waals surface area contributed by atoms with Crippen LogP contribution >= 0.6 is 0 Å². The van der Waals surface area contributed by atoms with Gasteiger partial charge in [0.1, 0.15) is 0 Å². The van der Waals surface area contributed by atoms with Crippen LogP contribution in [-0.2, 0) is 4.74 Å². The Hall–Kier alpha value is -0.160. The van der Waals surface area contributed by atoms with Gasteiger partial charge >= 0.3 is 0 Å². The first-order valence-corrected chi connectivity index (χ1v) is 7.04. The number of ether oxygens (including phenoxy) is 1. The number of morpholine rings is 1. The van der Waals surface area contributed by atoms with Crippen molar-refractivity contribution in [3.05, 3.63) is 0 Å². The molecule has 2 aliphatic heterocycles. The molecule has 2 atom stereocenters. The van der Waals surface area contributed by atoms with Crippen molar-refractivity contribution >= 4 is 0 Å². The smallest absolute Gasteiger partial charge is 0.0712 e. The molecule has 0 aromatic heterocycles. The lowest BCUT2D eigenvalue weighted by Gasteiger charge is -2.39. The van der Waals surface area contributed by atoms with E-state index < -0.39 is 0 Å². The molecule has 2 aliphatic rings. The van der Waals surface area contributed by atoms with E-state index in [0.717, 1.165) is 25.7 Å². The zero-order valence-corrected chi connectivity index (χ0v) is 11.3. The Balaban J connectivity index is 1.68. The molecule has 2 fully saturated rings. The zero-order chi connectivity index (χ0) is 12.1. The Morgan fingerprint density at radius 2 is 2.24 bits per heavy atom. The molecule has 0 spiro atoms. The molecule has 2 saturated heterocycles. The van der Waals surface area contributed by atoms with E-state index in [2.05, 4.69) is 29.1 Å².